The van der Waals surface area contributed by atoms with E-state index in [1.807, 2.05) is 11.8 Å². The van der Waals surface area contributed by atoms with E-state index in [0.29, 0.717) is 45.4 Å². The Kier molecular flexibility index (Phi) is 13.1. The predicted octanol–water partition coefficient (Wildman–Crippen LogP) is 3.81. The number of nitrogens with zero attached hydrogens (tertiary/aromatic N) is 2. The minimum absolute atomic E-state index is 0.0217. The highest BCUT2D eigenvalue weighted by Crippen LogP contribution is 2.43. The molecular weight excluding hydrogens is 821 g/mol. The van der Waals surface area contributed by atoms with Crippen molar-refractivity contribution < 1.29 is 60.6 Å². The number of sulfone groups is 2. The van der Waals surface area contributed by atoms with Crippen molar-refractivity contribution in [2.24, 2.45) is 0 Å². The Morgan fingerprint density at radius 3 is 2.20 bits per heavy atom. The minimum atomic E-state index is -4.79. The van der Waals surface area contributed by atoms with Crippen molar-refractivity contribution in [1.82, 2.24) is 4.58 Å². The molecule has 5 rings (SSSR count). The third-order valence-electron chi connectivity index (χ3n) is 8.53. The molecule has 0 atom stereocenters. The molecular formula is C34H37N2O14S5+. The number of rotatable bonds is 17. The van der Waals surface area contributed by atoms with Crippen LogP contribution in [-0.2, 0) is 53.6 Å². The molecule has 0 amide bonds. The standard InChI is InChI=1S/C34H36N2O14S5/c1-3-36(25-7-6-8-27(21-25)53(39,40)20-16-47-50-51)26-12-14-29-32(23-26)49-31-22-24(35(2)15-18-52(37,38)19-17-48-55(44,45)46)11-13-28(31)34(29)30-9-4-5-10-33(30)54(41,42)43/h4-14,21-23H,3,15-20H2,1-2H3,(H2-,41,42,43,44,45,46,51)/p+1. The van der Waals surface area contributed by atoms with Crippen molar-refractivity contribution in [2.75, 3.05) is 55.5 Å². The van der Waals surface area contributed by atoms with Gasteiger partial charge in [0.2, 0.25) is 5.36 Å². The van der Waals surface area contributed by atoms with Gasteiger partial charge in [0, 0.05) is 65.0 Å². The van der Waals surface area contributed by atoms with Gasteiger partial charge in [-0.15, -0.1) is 0 Å². The molecule has 1 aliphatic carbocycles. The summed E-state index contributed by atoms with van der Waals surface area (Å²) < 4.78 is 133. The van der Waals surface area contributed by atoms with E-state index in [4.69, 9.17) is 8.97 Å². The van der Waals surface area contributed by atoms with Crippen LogP contribution in [0.5, 0.6) is 0 Å². The maximum absolute atomic E-state index is 13.0. The summed E-state index contributed by atoms with van der Waals surface area (Å²) in [6.45, 7) is 1.27. The number of anilines is 2. The average molecular weight is 858 g/mol. The van der Waals surface area contributed by atoms with Crippen molar-refractivity contribution in [2.45, 2.75) is 16.7 Å². The van der Waals surface area contributed by atoms with Crippen LogP contribution in [0.25, 0.3) is 33.4 Å². The van der Waals surface area contributed by atoms with Gasteiger partial charge in [-0.2, -0.15) is 21.2 Å². The predicted molar refractivity (Wildman–Crippen MR) is 207 cm³/mol. The van der Waals surface area contributed by atoms with Gasteiger partial charge >= 0.3 is 10.4 Å². The van der Waals surface area contributed by atoms with Crippen molar-refractivity contribution >= 4 is 75.4 Å². The first-order chi connectivity index (χ1) is 25.8. The molecule has 0 radical (unpaired) electrons. The van der Waals surface area contributed by atoms with E-state index in [0.717, 1.165) is 0 Å². The zero-order chi connectivity index (χ0) is 40.2. The molecule has 0 saturated heterocycles. The molecule has 0 fully saturated rings. The maximum Gasteiger partial charge on any atom is 0.397 e. The fraction of sp³-hybridized carbons (Fsp3) is 0.265. The summed E-state index contributed by atoms with van der Waals surface area (Å²) in [6, 6.07) is 22.5. The summed E-state index contributed by atoms with van der Waals surface area (Å²) in [4.78, 5) is 6.20. The lowest BCUT2D eigenvalue weighted by molar-refractivity contribution is -0.182. The smallest absolute Gasteiger partial charge is 0.397 e. The fourth-order valence-corrected chi connectivity index (χ4v) is 9.27. The molecule has 0 saturated carbocycles. The molecule has 296 valence electrons. The second-order valence-electron chi connectivity index (χ2n) is 12.1. The number of thiol groups is 1. The lowest BCUT2D eigenvalue weighted by Gasteiger charge is -2.25. The Labute approximate surface area is 324 Å². The molecule has 0 aromatic heterocycles. The van der Waals surface area contributed by atoms with Crippen LogP contribution in [0.3, 0.4) is 0 Å². The Morgan fingerprint density at radius 1 is 0.782 bits per heavy atom. The molecule has 0 spiro atoms. The summed E-state index contributed by atoms with van der Waals surface area (Å²) in [5.74, 6) is -1.09. The monoisotopic (exact) mass is 857 g/mol. The quantitative estimate of drug-likeness (QED) is 0.0177. The molecule has 3 aromatic rings. The van der Waals surface area contributed by atoms with Crippen LogP contribution >= 0.6 is 12.9 Å². The lowest BCUT2D eigenvalue weighted by atomic mass is 9.93. The van der Waals surface area contributed by atoms with Gasteiger partial charge < -0.3 is 9.32 Å². The zero-order valence-electron chi connectivity index (χ0n) is 29.3. The summed E-state index contributed by atoms with van der Waals surface area (Å²) >= 11 is 3.46. The van der Waals surface area contributed by atoms with Gasteiger partial charge in [-0.3, -0.25) is 9.11 Å². The molecule has 21 heteroatoms. The number of fused-ring (bicyclic) bond motifs is 2. The van der Waals surface area contributed by atoms with Gasteiger partial charge in [0.25, 0.3) is 10.1 Å². The van der Waals surface area contributed by atoms with Gasteiger partial charge in [0.1, 0.15) is 29.0 Å². The molecule has 1 heterocycles. The Balaban J connectivity index is 1.64. The van der Waals surface area contributed by atoms with E-state index >= 15 is 0 Å². The van der Waals surface area contributed by atoms with Gasteiger partial charge in [0.15, 0.2) is 26.2 Å². The maximum atomic E-state index is 13.0. The Bertz CT molecular complexity index is 2700. The third kappa shape index (κ3) is 10.5. The fourth-order valence-electron chi connectivity index (χ4n) is 5.89. The van der Waals surface area contributed by atoms with Gasteiger partial charge in [-0.25, -0.2) is 30.5 Å². The topological polar surface area (TPSA) is 224 Å². The highest BCUT2D eigenvalue weighted by Gasteiger charge is 2.25. The van der Waals surface area contributed by atoms with Crippen LogP contribution in [0.1, 0.15) is 6.92 Å². The van der Waals surface area contributed by atoms with Crippen LogP contribution in [0.15, 0.2) is 99.1 Å². The number of hydrogen-bond donors (Lipinski definition) is 3. The average Bonchev–Trinajstić information content (AvgIpc) is 3.12. The van der Waals surface area contributed by atoms with Gasteiger partial charge in [0.05, 0.1) is 35.7 Å². The third-order valence-corrected chi connectivity index (χ3v) is 13.3. The highest BCUT2D eigenvalue weighted by molar-refractivity contribution is 7.91. The Morgan fingerprint density at radius 2 is 1.51 bits per heavy atom. The van der Waals surface area contributed by atoms with Gasteiger partial charge in [-0.05, 0) is 49.4 Å². The molecule has 3 aromatic carbocycles. The van der Waals surface area contributed by atoms with Crippen LogP contribution < -0.4 is 14.8 Å². The largest absolute Gasteiger partial charge is 0.456 e. The molecule has 16 nitrogen and oxygen atoms in total. The Hall–Kier alpha value is -3.90. The first-order valence-corrected chi connectivity index (χ1v) is 23.0. The van der Waals surface area contributed by atoms with Crippen LogP contribution in [0.4, 0.5) is 11.4 Å². The molecule has 1 aliphatic heterocycles. The number of benzene rings is 4. The van der Waals surface area contributed by atoms with E-state index in [-0.39, 0.29) is 45.8 Å². The van der Waals surface area contributed by atoms with Crippen molar-refractivity contribution in [3.05, 3.63) is 90.3 Å². The van der Waals surface area contributed by atoms with Crippen molar-refractivity contribution in [1.29, 1.82) is 0 Å². The molecule has 55 heavy (non-hydrogen) atoms. The first kappa shape index (κ1) is 42.2. The summed E-state index contributed by atoms with van der Waals surface area (Å²) in [7, 11) is -15.4. The zero-order valence-corrected chi connectivity index (χ0v) is 33.5. The van der Waals surface area contributed by atoms with Crippen LogP contribution in [0.2, 0.25) is 0 Å². The minimum Gasteiger partial charge on any atom is -0.456 e. The highest BCUT2D eigenvalue weighted by atomic mass is 32.3. The SMILES string of the molecule is CCN(c1cccc(S(=O)(=O)CCOOS)c1)c1ccc2c(-c3ccccc3S(=O)(=O)O)c3ccc(=[N+](C)CCS(=O)(=O)CCOS(=O)(=O)O)cc-3oc2c1. The summed E-state index contributed by atoms with van der Waals surface area (Å²) in [5.41, 5.74) is 2.55. The van der Waals surface area contributed by atoms with E-state index in [9.17, 15) is 38.2 Å². The van der Waals surface area contributed by atoms with Crippen molar-refractivity contribution in [3.63, 3.8) is 0 Å². The first-order valence-electron chi connectivity index (χ1n) is 16.3. The van der Waals surface area contributed by atoms with E-state index in [1.165, 1.54) is 24.3 Å². The molecule has 0 bridgehead atoms. The van der Waals surface area contributed by atoms with E-state index in [2.05, 4.69) is 26.3 Å². The molecule has 2 N–H and O–H groups in total. The van der Waals surface area contributed by atoms with Crippen molar-refractivity contribution in [3.8, 4) is 22.5 Å². The summed E-state index contributed by atoms with van der Waals surface area (Å²) in [5, 5.41) is 1.01. The second-order valence-corrected chi connectivity index (χ2v) is 19.1. The lowest BCUT2D eigenvalue weighted by Crippen LogP contribution is -2.32. The second kappa shape index (κ2) is 17.1. The normalized spacial score (nSPS) is 13.3. The van der Waals surface area contributed by atoms with Gasteiger partial charge in [-0.1, -0.05) is 24.3 Å². The molecule has 0 unspecified atom stereocenters. The van der Waals surface area contributed by atoms with E-state index < -0.39 is 52.6 Å². The van der Waals surface area contributed by atoms with Crippen LogP contribution in [0, 0.1) is 0 Å². The summed E-state index contributed by atoms with van der Waals surface area (Å²) in [6.07, 6.45) is 0. The van der Waals surface area contributed by atoms with Crippen LogP contribution in [-0.4, -0.2) is 93.4 Å². The number of hydrogen-bond acceptors (Lipinski definition) is 14. The van der Waals surface area contributed by atoms with E-state index in [1.54, 1.807) is 72.3 Å². The molecule has 2 aliphatic rings.